The number of nitro benzene ring substituents is 1. The number of methoxy groups -OCH3 is 1. The summed E-state index contributed by atoms with van der Waals surface area (Å²) in [7, 11) is -2.98. The molecule has 0 bridgehead atoms. The Morgan fingerprint density at radius 3 is 2.36 bits per heavy atom. The van der Waals surface area contributed by atoms with Gasteiger partial charge in [-0.3, -0.25) is 19.2 Å². The number of anilines is 1. The Hall–Kier alpha value is -2.94. The van der Waals surface area contributed by atoms with Gasteiger partial charge in [0.2, 0.25) is 0 Å². The van der Waals surface area contributed by atoms with Gasteiger partial charge in [0.25, 0.3) is 15.7 Å². The lowest BCUT2D eigenvalue weighted by Gasteiger charge is -2.24. The third kappa shape index (κ3) is 3.77. The Labute approximate surface area is 144 Å². The quantitative estimate of drug-likeness (QED) is 0.442. The Morgan fingerprint density at radius 1 is 1.16 bits per heavy atom. The molecule has 2 aromatic rings. The molecule has 0 heterocycles. The fourth-order valence-corrected chi connectivity index (χ4v) is 3.77. The van der Waals surface area contributed by atoms with Crippen molar-refractivity contribution in [1.29, 1.82) is 0 Å². The lowest BCUT2D eigenvalue weighted by atomic mass is 10.1. The maximum Gasteiger partial charge on any atom is 0.326 e. The fraction of sp³-hybridized carbons (Fsp3) is 0.188. The SMILES string of the molecule is COC(=O)CN(c1cccc([N+](=O)[O-])c1C)S(=O)(=O)c1ccccc1. The van der Waals surface area contributed by atoms with Crippen molar-refractivity contribution in [2.75, 3.05) is 18.0 Å². The first-order valence-electron chi connectivity index (χ1n) is 7.17. The van der Waals surface area contributed by atoms with Crippen molar-refractivity contribution >= 4 is 27.4 Å². The van der Waals surface area contributed by atoms with E-state index in [9.17, 15) is 23.3 Å². The Balaban J connectivity index is 2.64. The van der Waals surface area contributed by atoms with Gasteiger partial charge in [0.05, 0.1) is 28.2 Å². The largest absolute Gasteiger partial charge is 0.468 e. The van der Waals surface area contributed by atoms with Crippen molar-refractivity contribution < 1.29 is 22.9 Å². The second-order valence-electron chi connectivity index (χ2n) is 5.08. The van der Waals surface area contributed by atoms with Crippen LogP contribution in [0.5, 0.6) is 0 Å². The van der Waals surface area contributed by atoms with Gasteiger partial charge < -0.3 is 4.74 Å². The lowest BCUT2D eigenvalue weighted by molar-refractivity contribution is -0.385. The van der Waals surface area contributed by atoms with E-state index in [1.54, 1.807) is 18.2 Å². The van der Waals surface area contributed by atoms with E-state index in [1.165, 1.54) is 37.3 Å². The molecule has 0 aliphatic rings. The highest BCUT2D eigenvalue weighted by atomic mass is 32.2. The molecule has 9 heteroatoms. The van der Waals surface area contributed by atoms with Crippen LogP contribution >= 0.6 is 0 Å². The normalized spacial score (nSPS) is 11.0. The number of benzene rings is 2. The van der Waals surface area contributed by atoms with Gasteiger partial charge >= 0.3 is 5.97 Å². The van der Waals surface area contributed by atoms with E-state index in [0.29, 0.717) is 0 Å². The van der Waals surface area contributed by atoms with E-state index in [-0.39, 0.29) is 21.8 Å². The summed E-state index contributed by atoms with van der Waals surface area (Å²) < 4.78 is 31.3. The average Bonchev–Trinajstić information content (AvgIpc) is 2.60. The first-order valence-corrected chi connectivity index (χ1v) is 8.61. The van der Waals surface area contributed by atoms with Gasteiger partial charge in [-0.15, -0.1) is 0 Å². The number of esters is 1. The van der Waals surface area contributed by atoms with E-state index in [0.717, 1.165) is 11.4 Å². The van der Waals surface area contributed by atoms with Gasteiger partial charge in [0, 0.05) is 6.07 Å². The molecule has 132 valence electrons. The van der Waals surface area contributed by atoms with Gasteiger partial charge in [-0.05, 0) is 25.1 Å². The summed E-state index contributed by atoms with van der Waals surface area (Å²) in [4.78, 5) is 22.2. The van der Waals surface area contributed by atoms with Crippen molar-refractivity contribution in [2.24, 2.45) is 0 Å². The number of hydrogen-bond acceptors (Lipinski definition) is 6. The number of carbonyl (C=O) groups excluding carboxylic acids is 1. The molecule has 0 amide bonds. The summed E-state index contributed by atoms with van der Waals surface area (Å²) in [5.41, 5.74) is -0.0602. The molecule has 25 heavy (non-hydrogen) atoms. The maximum absolute atomic E-state index is 13.0. The zero-order valence-electron chi connectivity index (χ0n) is 13.6. The number of sulfonamides is 1. The fourth-order valence-electron chi connectivity index (χ4n) is 2.28. The minimum Gasteiger partial charge on any atom is -0.468 e. The molecule has 0 aliphatic heterocycles. The smallest absolute Gasteiger partial charge is 0.326 e. The molecule has 0 spiro atoms. The predicted octanol–water partition coefficient (Wildman–Crippen LogP) is 2.27. The molecule has 0 unspecified atom stereocenters. The summed E-state index contributed by atoms with van der Waals surface area (Å²) in [6.45, 7) is 0.827. The number of rotatable bonds is 6. The zero-order chi connectivity index (χ0) is 18.6. The molecule has 0 fully saturated rings. The van der Waals surface area contributed by atoms with Crippen LogP contribution in [0, 0.1) is 17.0 Å². The van der Waals surface area contributed by atoms with Crippen LogP contribution in [0.1, 0.15) is 5.56 Å². The van der Waals surface area contributed by atoms with Crippen LogP contribution in [-0.4, -0.2) is 33.0 Å². The lowest BCUT2D eigenvalue weighted by Crippen LogP contribution is -2.36. The van der Waals surface area contributed by atoms with Crippen molar-refractivity contribution in [3.05, 3.63) is 64.2 Å². The number of carbonyl (C=O) groups is 1. The van der Waals surface area contributed by atoms with Crippen molar-refractivity contribution in [3.8, 4) is 0 Å². The van der Waals surface area contributed by atoms with E-state index in [1.807, 2.05) is 0 Å². The number of ether oxygens (including phenoxy) is 1. The van der Waals surface area contributed by atoms with Crippen LogP contribution in [0.2, 0.25) is 0 Å². The second kappa shape index (κ2) is 7.31. The average molecular weight is 364 g/mol. The molecule has 2 aromatic carbocycles. The predicted molar refractivity (Wildman–Crippen MR) is 90.8 cm³/mol. The number of nitro groups is 1. The third-order valence-electron chi connectivity index (χ3n) is 3.57. The third-order valence-corrected chi connectivity index (χ3v) is 5.35. The minimum absolute atomic E-state index is 0.0372. The number of nitrogens with zero attached hydrogens (tertiary/aromatic N) is 2. The monoisotopic (exact) mass is 364 g/mol. The van der Waals surface area contributed by atoms with Crippen LogP contribution in [-0.2, 0) is 19.6 Å². The Kier molecular flexibility index (Phi) is 5.38. The van der Waals surface area contributed by atoms with Crippen molar-refractivity contribution in [2.45, 2.75) is 11.8 Å². The highest BCUT2D eigenvalue weighted by molar-refractivity contribution is 7.92. The van der Waals surface area contributed by atoms with Crippen LogP contribution < -0.4 is 4.31 Å². The van der Waals surface area contributed by atoms with E-state index in [4.69, 9.17) is 0 Å². The highest BCUT2D eigenvalue weighted by Crippen LogP contribution is 2.31. The van der Waals surface area contributed by atoms with E-state index in [2.05, 4.69) is 4.74 Å². The summed E-state index contributed by atoms with van der Waals surface area (Å²) in [6, 6.07) is 11.6. The zero-order valence-corrected chi connectivity index (χ0v) is 14.4. The molecule has 0 radical (unpaired) electrons. The van der Waals surface area contributed by atoms with Crippen LogP contribution in [0.3, 0.4) is 0 Å². The molecule has 8 nitrogen and oxygen atoms in total. The molecule has 0 saturated carbocycles. The first-order chi connectivity index (χ1) is 11.8. The Bertz CT molecular complexity index is 896. The summed E-state index contributed by atoms with van der Waals surface area (Å²) in [5, 5.41) is 11.1. The minimum atomic E-state index is -4.11. The standard InChI is InChI=1S/C16H16N2O6S/c1-12-14(9-6-10-15(12)18(20)21)17(11-16(19)24-2)25(22,23)13-7-4-3-5-8-13/h3-10H,11H2,1-2H3. The van der Waals surface area contributed by atoms with Gasteiger partial charge in [0.1, 0.15) is 6.54 Å². The molecule has 0 aliphatic carbocycles. The molecule has 0 aromatic heterocycles. The molecule has 2 rings (SSSR count). The van der Waals surface area contributed by atoms with Gasteiger partial charge in [-0.2, -0.15) is 0 Å². The van der Waals surface area contributed by atoms with E-state index < -0.39 is 27.5 Å². The maximum atomic E-state index is 13.0. The van der Waals surface area contributed by atoms with Crippen LogP contribution in [0.25, 0.3) is 0 Å². The molecular weight excluding hydrogens is 348 g/mol. The summed E-state index contributed by atoms with van der Waals surface area (Å²) in [6.07, 6.45) is 0. The topological polar surface area (TPSA) is 107 Å². The van der Waals surface area contributed by atoms with Gasteiger partial charge in [0.15, 0.2) is 0 Å². The molecular formula is C16H16N2O6S. The van der Waals surface area contributed by atoms with Gasteiger partial charge in [-0.1, -0.05) is 24.3 Å². The molecule has 0 saturated heterocycles. The summed E-state index contributed by atoms with van der Waals surface area (Å²) in [5.74, 6) is -0.787. The van der Waals surface area contributed by atoms with Crippen molar-refractivity contribution in [1.82, 2.24) is 0 Å². The first kappa shape index (κ1) is 18.4. The van der Waals surface area contributed by atoms with Crippen LogP contribution in [0.15, 0.2) is 53.4 Å². The summed E-state index contributed by atoms with van der Waals surface area (Å²) >= 11 is 0. The second-order valence-corrected chi connectivity index (χ2v) is 6.94. The van der Waals surface area contributed by atoms with Crippen LogP contribution in [0.4, 0.5) is 11.4 Å². The number of hydrogen-bond donors (Lipinski definition) is 0. The highest BCUT2D eigenvalue weighted by Gasteiger charge is 2.30. The van der Waals surface area contributed by atoms with Gasteiger partial charge in [-0.25, -0.2) is 8.42 Å². The van der Waals surface area contributed by atoms with Crippen molar-refractivity contribution in [3.63, 3.8) is 0 Å². The molecule has 0 atom stereocenters. The Morgan fingerprint density at radius 2 is 1.80 bits per heavy atom. The van der Waals surface area contributed by atoms with E-state index >= 15 is 0 Å². The molecule has 0 N–H and O–H groups in total.